The van der Waals surface area contributed by atoms with E-state index in [1.807, 2.05) is 18.2 Å². The van der Waals surface area contributed by atoms with Crippen LogP contribution in [0.5, 0.6) is 0 Å². The van der Waals surface area contributed by atoms with E-state index < -0.39 is 0 Å². The van der Waals surface area contributed by atoms with Gasteiger partial charge in [0.1, 0.15) is 0 Å². The first-order chi connectivity index (χ1) is 10.6. The lowest BCUT2D eigenvalue weighted by molar-refractivity contribution is -0.121. The minimum atomic E-state index is 0.108. The zero-order valence-electron chi connectivity index (χ0n) is 13.6. The molecule has 120 valence electrons. The van der Waals surface area contributed by atoms with Crippen molar-refractivity contribution in [3.8, 4) is 0 Å². The third-order valence-electron chi connectivity index (χ3n) is 4.03. The van der Waals surface area contributed by atoms with Crippen LogP contribution in [0.2, 0.25) is 0 Å². The number of benzene rings is 1. The Hall–Kier alpha value is -1.46. The molecule has 5 heteroatoms. The smallest absolute Gasteiger partial charge is 0.220 e. The number of aryl methyl sites for hydroxylation is 1. The van der Waals surface area contributed by atoms with Gasteiger partial charge in [-0.15, -0.1) is 11.3 Å². The van der Waals surface area contributed by atoms with Crippen molar-refractivity contribution in [2.24, 2.45) is 0 Å². The molecule has 0 bridgehead atoms. The van der Waals surface area contributed by atoms with Crippen molar-refractivity contribution in [2.75, 3.05) is 20.1 Å². The minimum Gasteiger partial charge on any atom is -0.355 e. The lowest BCUT2D eigenvalue weighted by Crippen LogP contribution is -2.37. The molecule has 0 aliphatic carbocycles. The lowest BCUT2D eigenvalue weighted by Gasteiger charge is -2.23. The van der Waals surface area contributed by atoms with Crippen LogP contribution >= 0.6 is 11.3 Å². The van der Waals surface area contributed by atoms with Crippen molar-refractivity contribution >= 4 is 27.5 Å². The standard InChI is InChI=1S/C17H25N3OS/c1-4-13(2)20(3)12-11-18-16(21)9-10-17-19-14-7-5-6-8-15(14)22-17/h5-8,13H,4,9-12H2,1-3H3,(H,18,21)/t13-/m0/s1. The summed E-state index contributed by atoms with van der Waals surface area (Å²) in [5.74, 6) is 0.108. The van der Waals surface area contributed by atoms with E-state index in [1.165, 1.54) is 4.70 Å². The Kier molecular flexibility index (Phi) is 6.34. The highest BCUT2D eigenvalue weighted by Gasteiger charge is 2.09. The van der Waals surface area contributed by atoms with Crippen LogP contribution in [0.4, 0.5) is 0 Å². The average Bonchev–Trinajstić information content (AvgIpc) is 2.94. The number of rotatable bonds is 8. The Morgan fingerprint density at radius 1 is 1.41 bits per heavy atom. The van der Waals surface area contributed by atoms with Crippen LogP contribution in [-0.4, -0.2) is 42.0 Å². The van der Waals surface area contributed by atoms with Gasteiger partial charge in [0.2, 0.25) is 5.91 Å². The van der Waals surface area contributed by atoms with Gasteiger partial charge < -0.3 is 10.2 Å². The molecule has 1 aromatic heterocycles. The Labute approximate surface area is 136 Å². The zero-order valence-corrected chi connectivity index (χ0v) is 14.4. The maximum Gasteiger partial charge on any atom is 0.220 e. The van der Waals surface area contributed by atoms with Gasteiger partial charge in [0.15, 0.2) is 0 Å². The van der Waals surface area contributed by atoms with Gasteiger partial charge in [0.25, 0.3) is 0 Å². The van der Waals surface area contributed by atoms with Gasteiger partial charge in [0.05, 0.1) is 15.2 Å². The van der Waals surface area contributed by atoms with Gasteiger partial charge in [-0.2, -0.15) is 0 Å². The highest BCUT2D eigenvalue weighted by molar-refractivity contribution is 7.18. The highest BCUT2D eigenvalue weighted by atomic mass is 32.1. The molecular weight excluding hydrogens is 294 g/mol. The Morgan fingerprint density at radius 3 is 2.91 bits per heavy atom. The summed E-state index contributed by atoms with van der Waals surface area (Å²) in [4.78, 5) is 18.7. The molecule has 0 aliphatic rings. The summed E-state index contributed by atoms with van der Waals surface area (Å²) in [7, 11) is 2.10. The summed E-state index contributed by atoms with van der Waals surface area (Å²) in [5.41, 5.74) is 1.03. The van der Waals surface area contributed by atoms with E-state index in [-0.39, 0.29) is 5.91 Å². The Morgan fingerprint density at radius 2 is 2.18 bits per heavy atom. The van der Waals surface area contributed by atoms with Gasteiger partial charge in [-0.1, -0.05) is 19.1 Å². The predicted molar refractivity (Wildman–Crippen MR) is 93.3 cm³/mol. The fraction of sp³-hybridized carbons (Fsp3) is 0.529. The number of nitrogens with one attached hydrogen (secondary N) is 1. The topological polar surface area (TPSA) is 45.2 Å². The van der Waals surface area contributed by atoms with E-state index in [9.17, 15) is 4.79 Å². The Bertz CT molecular complexity index is 578. The second kappa shape index (κ2) is 8.25. The van der Waals surface area contributed by atoms with E-state index in [4.69, 9.17) is 0 Å². The second-order valence-electron chi connectivity index (χ2n) is 5.66. The van der Waals surface area contributed by atoms with Crippen LogP contribution in [-0.2, 0) is 11.2 Å². The maximum atomic E-state index is 11.9. The predicted octanol–water partition coefficient (Wildman–Crippen LogP) is 3.08. The van der Waals surface area contributed by atoms with Gasteiger partial charge in [-0.3, -0.25) is 4.79 Å². The fourth-order valence-corrected chi connectivity index (χ4v) is 3.21. The number of hydrogen-bond donors (Lipinski definition) is 1. The van der Waals surface area contributed by atoms with Crippen LogP contribution in [0, 0.1) is 0 Å². The van der Waals surface area contributed by atoms with E-state index in [2.05, 4.69) is 42.2 Å². The normalized spacial score (nSPS) is 12.7. The van der Waals surface area contributed by atoms with E-state index in [1.54, 1.807) is 11.3 Å². The van der Waals surface area contributed by atoms with Crippen molar-refractivity contribution in [2.45, 2.75) is 39.2 Å². The molecule has 0 spiro atoms. The number of amides is 1. The molecule has 0 saturated carbocycles. The summed E-state index contributed by atoms with van der Waals surface area (Å²) in [6, 6.07) is 8.65. The third kappa shape index (κ3) is 4.78. The maximum absolute atomic E-state index is 11.9. The van der Waals surface area contributed by atoms with Gasteiger partial charge in [0, 0.05) is 32.0 Å². The van der Waals surface area contributed by atoms with E-state index in [0.29, 0.717) is 25.4 Å². The van der Waals surface area contributed by atoms with Gasteiger partial charge >= 0.3 is 0 Å². The molecule has 1 atom stereocenters. The van der Waals surface area contributed by atoms with E-state index in [0.717, 1.165) is 23.5 Å². The molecule has 0 saturated heterocycles. The second-order valence-corrected chi connectivity index (χ2v) is 6.78. The largest absolute Gasteiger partial charge is 0.355 e. The van der Waals surface area contributed by atoms with Crippen LogP contribution in [0.1, 0.15) is 31.7 Å². The molecule has 1 aromatic carbocycles. The molecule has 0 unspecified atom stereocenters. The average molecular weight is 319 g/mol. The summed E-state index contributed by atoms with van der Waals surface area (Å²) < 4.78 is 1.19. The van der Waals surface area contributed by atoms with E-state index >= 15 is 0 Å². The number of para-hydroxylation sites is 1. The van der Waals surface area contributed by atoms with Crippen molar-refractivity contribution in [3.05, 3.63) is 29.3 Å². The van der Waals surface area contributed by atoms with Crippen LogP contribution in [0.3, 0.4) is 0 Å². The first-order valence-electron chi connectivity index (χ1n) is 7.91. The number of carbonyl (C=O) groups is 1. The zero-order chi connectivity index (χ0) is 15.9. The number of hydrogen-bond acceptors (Lipinski definition) is 4. The lowest BCUT2D eigenvalue weighted by atomic mass is 10.2. The highest BCUT2D eigenvalue weighted by Crippen LogP contribution is 2.22. The number of carbonyl (C=O) groups excluding carboxylic acids is 1. The monoisotopic (exact) mass is 319 g/mol. The molecule has 1 heterocycles. The van der Waals surface area contributed by atoms with Crippen molar-refractivity contribution < 1.29 is 4.79 Å². The summed E-state index contributed by atoms with van der Waals surface area (Å²) in [6.07, 6.45) is 2.35. The van der Waals surface area contributed by atoms with Gasteiger partial charge in [-0.25, -0.2) is 4.98 Å². The molecule has 0 fully saturated rings. The molecule has 2 rings (SSSR count). The minimum absolute atomic E-state index is 0.108. The number of nitrogens with zero attached hydrogens (tertiary/aromatic N) is 2. The number of likely N-dealkylation sites (N-methyl/N-ethyl adjacent to an activating group) is 1. The number of aromatic nitrogens is 1. The summed E-state index contributed by atoms with van der Waals surface area (Å²) in [5, 5.41) is 4.03. The Balaban J connectivity index is 1.71. The molecular formula is C17H25N3OS. The van der Waals surface area contributed by atoms with Crippen molar-refractivity contribution in [1.29, 1.82) is 0 Å². The molecule has 1 amide bonds. The van der Waals surface area contributed by atoms with Crippen molar-refractivity contribution in [3.63, 3.8) is 0 Å². The quantitative estimate of drug-likeness (QED) is 0.813. The van der Waals surface area contributed by atoms with Crippen LogP contribution in [0.25, 0.3) is 10.2 Å². The molecule has 2 aromatic rings. The van der Waals surface area contributed by atoms with Crippen LogP contribution in [0.15, 0.2) is 24.3 Å². The number of fused-ring (bicyclic) bond motifs is 1. The molecule has 4 nitrogen and oxygen atoms in total. The summed E-state index contributed by atoms with van der Waals surface area (Å²) in [6.45, 7) is 5.98. The van der Waals surface area contributed by atoms with Crippen molar-refractivity contribution in [1.82, 2.24) is 15.2 Å². The number of thiazole rings is 1. The fourth-order valence-electron chi connectivity index (χ4n) is 2.24. The SMILES string of the molecule is CC[C@H](C)N(C)CCNC(=O)CCc1nc2ccccc2s1. The first-order valence-corrected chi connectivity index (χ1v) is 8.73. The molecule has 1 N–H and O–H groups in total. The molecule has 0 aliphatic heterocycles. The first kappa shape index (κ1) is 16.9. The third-order valence-corrected chi connectivity index (χ3v) is 5.13. The summed E-state index contributed by atoms with van der Waals surface area (Å²) >= 11 is 1.68. The van der Waals surface area contributed by atoms with Gasteiger partial charge in [-0.05, 0) is 32.5 Å². The molecule has 0 radical (unpaired) electrons. The molecule has 22 heavy (non-hydrogen) atoms. The van der Waals surface area contributed by atoms with Crippen LogP contribution < -0.4 is 5.32 Å².